The van der Waals surface area contributed by atoms with Crippen LogP contribution in [-0.2, 0) is 25.1 Å². The van der Waals surface area contributed by atoms with Crippen molar-refractivity contribution >= 4 is 61.4 Å². The lowest BCUT2D eigenvalue weighted by molar-refractivity contribution is -0.438. The first-order chi connectivity index (χ1) is 34.4. The second kappa shape index (κ2) is 26.0. The number of nitrogens with one attached hydrogen (secondary N) is 1. The number of benzene rings is 4. The molecular formula is C59H67Br2N5O6. The number of allylic oxidation sites excluding steroid dienone is 8. The van der Waals surface area contributed by atoms with Gasteiger partial charge < -0.3 is 50.9 Å². The molecule has 0 amide bonds. The molecule has 72 heavy (non-hydrogen) atoms. The van der Waals surface area contributed by atoms with E-state index in [1.54, 1.807) is 20.3 Å². The van der Waals surface area contributed by atoms with Crippen LogP contribution in [0.1, 0.15) is 89.8 Å². The molecule has 0 bridgehead atoms. The first kappa shape index (κ1) is 55.1. The van der Waals surface area contributed by atoms with Gasteiger partial charge in [-0.15, -0.1) is 6.42 Å². The maximum atomic E-state index is 12.9. The van der Waals surface area contributed by atoms with Gasteiger partial charge in [-0.1, -0.05) is 91.9 Å². The standard InChI is InChI=1S/C59H67BrN5O6.BrH/c1-9-11-30-64-51-29-27-45(68-8)38-48(51)59(5,6)55(64)24-17-14-12-13-16-23-54-58(3,4)47-37-43(60)26-28-50(47)65(54)31-19-15-18-25-56(66)71-35-34-70-52-39-46-49(40-53(52)69-33-32-67-7)61-41-62-57(46)63-44-22-20-21-42(10-2)36-44;/h2,12-14,16-17,20-24,26-29,36-41H,9,11,15,18-19,25,30-35H2,1,3-8H3,(H,61,62,63);1H/q+1;/p-1. The van der Waals surface area contributed by atoms with Gasteiger partial charge in [0.05, 0.1) is 24.6 Å². The lowest BCUT2D eigenvalue weighted by Gasteiger charge is -2.27. The second-order valence-electron chi connectivity index (χ2n) is 18.6. The lowest BCUT2D eigenvalue weighted by atomic mass is 9.81. The minimum Gasteiger partial charge on any atom is -1.00 e. The lowest BCUT2D eigenvalue weighted by Crippen LogP contribution is -3.00. The third kappa shape index (κ3) is 13.3. The number of terminal acetylenes is 1. The first-order valence-electron chi connectivity index (χ1n) is 24.6. The topological polar surface area (TPSA) is 107 Å². The molecule has 2 aliphatic heterocycles. The fourth-order valence-corrected chi connectivity index (χ4v) is 9.62. The number of methoxy groups -OCH3 is 2. The number of ether oxygens (including phenoxy) is 5. The highest BCUT2D eigenvalue weighted by Crippen LogP contribution is 2.49. The van der Waals surface area contributed by atoms with Crippen LogP contribution in [0, 0.1) is 12.3 Å². The molecule has 0 fully saturated rings. The first-order valence-corrected chi connectivity index (χ1v) is 25.3. The Morgan fingerprint density at radius 2 is 1.61 bits per heavy atom. The van der Waals surface area contributed by atoms with Gasteiger partial charge in [-0.3, -0.25) is 4.79 Å². The summed E-state index contributed by atoms with van der Waals surface area (Å²) < 4.78 is 32.1. The number of unbranched alkanes of at least 4 members (excludes halogenated alkanes) is 3. The van der Waals surface area contributed by atoms with Gasteiger partial charge in [-0.25, -0.2) is 9.97 Å². The molecule has 0 radical (unpaired) electrons. The van der Waals surface area contributed by atoms with E-state index in [1.165, 1.54) is 40.2 Å². The number of hydrogen-bond donors (Lipinski definition) is 1. The monoisotopic (exact) mass is 1100 g/mol. The van der Waals surface area contributed by atoms with Gasteiger partial charge >= 0.3 is 5.97 Å². The summed E-state index contributed by atoms with van der Waals surface area (Å²) in [6.45, 7) is 14.2. The van der Waals surface area contributed by atoms with E-state index in [0.717, 1.165) is 72.1 Å². The quantitative estimate of drug-likeness (QED) is 0.0211. The van der Waals surface area contributed by atoms with Crippen LogP contribution in [0.2, 0.25) is 0 Å². The van der Waals surface area contributed by atoms with Crippen molar-refractivity contribution in [1.29, 1.82) is 0 Å². The SMILES string of the molecule is C#Cc1cccc(Nc2ncnc3cc(OCCOC)c(OCCOC(=O)CCCCCN4/C(=C/C=C/C=C/C=C/C5=[N+](CCCC)c6ccc(OC)cc6C5(C)C)C(C)(C)c5cc(Br)ccc54)cc23)c1.[Br-]. The molecule has 0 saturated heterocycles. The molecule has 0 aliphatic carbocycles. The molecule has 1 N–H and O–H groups in total. The Bertz CT molecular complexity index is 2900. The predicted molar refractivity (Wildman–Crippen MR) is 290 cm³/mol. The largest absolute Gasteiger partial charge is 1.00 e. The van der Waals surface area contributed by atoms with Gasteiger partial charge in [-0.05, 0) is 92.9 Å². The van der Waals surface area contributed by atoms with E-state index in [0.29, 0.717) is 42.5 Å². The third-order valence-corrected chi connectivity index (χ3v) is 13.5. The Balaban J connectivity index is 0.00000847. The Labute approximate surface area is 445 Å². The molecule has 3 heterocycles. The molecule has 1 aromatic heterocycles. The molecule has 7 rings (SSSR count). The fourth-order valence-electron chi connectivity index (χ4n) is 9.26. The summed E-state index contributed by atoms with van der Waals surface area (Å²) in [7, 11) is 3.34. The van der Waals surface area contributed by atoms with Crippen LogP contribution in [0.25, 0.3) is 10.9 Å². The predicted octanol–water partition coefficient (Wildman–Crippen LogP) is 9.86. The van der Waals surface area contributed by atoms with E-state index in [1.807, 2.05) is 30.3 Å². The molecule has 0 spiro atoms. The second-order valence-corrected chi connectivity index (χ2v) is 19.5. The van der Waals surface area contributed by atoms with E-state index < -0.39 is 0 Å². The smallest absolute Gasteiger partial charge is 0.305 e. The molecule has 2 aliphatic rings. The van der Waals surface area contributed by atoms with Crippen molar-refractivity contribution in [2.75, 3.05) is 64.0 Å². The third-order valence-electron chi connectivity index (χ3n) is 13.0. The number of carbonyl (C=O) groups excluding carboxylic acids is 1. The van der Waals surface area contributed by atoms with Crippen LogP contribution >= 0.6 is 15.9 Å². The molecule has 5 aromatic rings. The molecule has 0 saturated carbocycles. The van der Waals surface area contributed by atoms with Crippen LogP contribution in [0.3, 0.4) is 0 Å². The normalized spacial score (nSPS) is 15.0. The zero-order valence-electron chi connectivity index (χ0n) is 42.6. The van der Waals surface area contributed by atoms with Crippen LogP contribution in [0.15, 0.2) is 132 Å². The summed E-state index contributed by atoms with van der Waals surface area (Å²) >= 11 is 3.72. The van der Waals surface area contributed by atoms with Crippen LogP contribution in [-0.4, -0.2) is 80.0 Å². The van der Waals surface area contributed by atoms with Gasteiger partial charge in [0.15, 0.2) is 17.2 Å². The summed E-state index contributed by atoms with van der Waals surface area (Å²) in [5.74, 6) is 4.84. The van der Waals surface area contributed by atoms with Crippen molar-refractivity contribution < 1.29 is 50.0 Å². The maximum Gasteiger partial charge on any atom is 0.305 e. The number of fused-ring (bicyclic) bond motifs is 3. The Morgan fingerprint density at radius 3 is 2.39 bits per heavy atom. The van der Waals surface area contributed by atoms with Crippen molar-refractivity contribution in [3.05, 3.63) is 149 Å². The van der Waals surface area contributed by atoms with Crippen LogP contribution in [0.4, 0.5) is 22.9 Å². The van der Waals surface area contributed by atoms with E-state index in [2.05, 4.69) is 160 Å². The fraction of sp³-hybridized carbons (Fsp3) is 0.356. The average molecular weight is 1100 g/mol. The zero-order valence-corrected chi connectivity index (χ0v) is 45.8. The number of hydrogen-bond acceptors (Lipinski definition) is 10. The van der Waals surface area contributed by atoms with Crippen molar-refractivity contribution in [2.45, 2.75) is 84.0 Å². The Kier molecular flexibility index (Phi) is 19.9. The Hall–Kier alpha value is -6.20. The summed E-state index contributed by atoms with van der Waals surface area (Å²) in [4.78, 5) is 24.3. The summed E-state index contributed by atoms with van der Waals surface area (Å²) in [6.07, 6.45) is 27.3. The number of rotatable bonds is 24. The van der Waals surface area contributed by atoms with E-state index >= 15 is 0 Å². The Morgan fingerprint density at radius 1 is 0.833 bits per heavy atom. The molecular weight excluding hydrogens is 1030 g/mol. The molecule has 378 valence electrons. The van der Waals surface area contributed by atoms with Crippen molar-refractivity contribution in [3.8, 4) is 29.6 Å². The summed E-state index contributed by atoms with van der Waals surface area (Å²) in [6, 6.07) is 24.1. The van der Waals surface area contributed by atoms with E-state index in [9.17, 15) is 4.79 Å². The van der Waals surface area contributed by atoms with Crippen molar-refractivity contribution in [2.24, 2.45) is 0 Å². The average Bonchev–Trinajstić information content (AvgIpc) is 3.70. The number of aromatic nitrogens is 2. The zero-order chi connectivity index (χ0) is 50.4. The minimum atomic E-state index is -0.256. The molecule has 0 atom stereocenters. The van der Waals surface area contributed by atoms with E-state index in [4.69, 9.17) is 30.1 Å². The number of nitrogens with zero attached hydrogens (tertiary/aromatic N) is 4. The minimum absolute atomic E-state index is 0. The number of carbonyl (C=O) groups is 1. The van der Waals surface area contributed by atoms with Gasteiger partial charge in [0.25, 0.3) is 0 Å². The summed E-state index contributed by atoms with van der Waals surface area (Å²) in [5, 5.41) is 4.06. The van der Waals surface area contributed by atoms with Gasteiger partial charge in [0, 0.05) is 88.2 Å². The maximum absolute atomic E-state index is 12.9. The summed E-state index contributed by atoms with van der Waals surface area (Å²) in [5.41, 5.74) is 9.45. The highest BCUT2D eigenvalue weighted by Gasteiger charge is 2.44. The number of anilines is 3. The van der Waals surface area contributed by atoms with Gasteiger partial charge in [-0.2, -0.15) is 4.58 Å². The highest BCUT2D eigenvalue weighted by molar-refractivity contribution is 9.10. The molecule has 11 nitrogen and oxygen atoms in total. The van der Waals surface area contributed by atoms with Crippen LogP contribution in [0.5, 0.6) is 17.2 Å². The van der Waals surface area contributed by atoms with Gasteiger partial charge in [0.2, 0.25) is 5.69 Å². The number of halogens is 2. The van der Waals surface area contributed by atoms with Gasteiger partial charge in [0.1, 0.15) is 44.3 Å². The molecule has 0 unspecified atom stereocenters. The van der Waals surface area contributed by atoms with Crippen molar-refractivity contribution in [1.82, 2.24) is 9.97 Å². The van der Waals surface area contributed by atoms with E-state index in [-0.39, 0.29) is 47.0 Å². The molecule has 4 aromatic carbocycles. The van der Waals surface area contributed by atoms with Crippen LogP contribution < -0.4 is 41.4 Å². The molecule has 13 heteroatoms. The van der Waals surface area contributed by atoms with Crippen molar-refractivity contribution in [3.63, 3.8) is 0 Å². The number of esters is 1. The highest BCUT2D eigenvalue weighted by atomic mass is 79.9.